The van der Waals surface area contributed by atoms with E-state index in [4.69, 9.17) is 4.74 Å². The Balaban J connectivity index is 1.99. The Hall–Kier alpha value is -0.610. The van der Waals surface area contributed by atoms with Crippen molar-refractivity contribution in [1.82, 2.24) is 10.2 Å². The molecule has 4 heteroatoms. The summed E-state index contributed by atoms with van der Waals surface area (Å²) in [5, 5.41) is 2.94. The molecule has 1 amide bonds. The van der Waals surface area contributed by atoms with E-state index < -0.39 is 0 Å². The monoisotopic (exact) mass is 170 g/mol. The highest BCUT2D eigenvalue weighted by Gasteiger charge is 2.33. The number of carbonyl (C=O) groups excluding carboxylic acids is 1. The van der Waals surface area contributed by atoms with E-state index in [0.717, 1.165) is 19.5 Å². The van der Waals surface area contributed by atoms with Crippen molar-refractivity contribution in [1.29, 1.82) is 0 Å². The number of ether oxygens (including phenoxy) is 1. The van der Waals surface area contributed by atoms with E-state index in [0.29, 0.717) is 0 Å². The Kier molecular flexibility index (Phi) is 2.02. The molecule has 0 aromatic carbocycles. The Labute approximate surface area is 71.9 Å². The van der Waals surface area contributed by atoms with E-state index in [1.165, 1.54) is 0 Å². The summed E-state index contributed by atoms with van der Waals surface area (Å²) < 4.78 is 5.40. The number of amides is 1. The van der Waals surface area contributed by atoms with E-state index in [1.807, 2.05) is 0 Å². The van der Waals surface area contributed by atoms with Crippen LogP contribution in [-0.4, -0.2) is 49.7 Å². The highest BCUT2D eigenvalue weighted by Crippen LogP contribution is 2.15. The maximum Gasteiger partial charge on any atom is 0.246 e. The number of nitrogens with one attached hydrogen (secondary N) is 1. The summed E-state index contributed by atoms with van der Waals surface area (Å²) in [6.07, 6.45) is 1.28. The molecule has 0 aromatic heterocycles. The topological polar surface area (TPSA) is 41.6 Å². The van der Waals surface area contributed by atoms with Gasteiger partial charge in [0.05, 0.1) is 12.1 Å². The van der Waals surface area contributed by atoms with Crippen molar-refractivity contribution < 1.29 is 9.53 Å². The maximum absolute atomic E-state index is 11.0. The first-order chi connectivity index (χ1) is 5.75. The van der Waals surface area contributed by atoms with Crippen LogP contribution in [0.1, 0.15) is 6.42 Å². The van der Waals surface area contributed by atoms with Gasteiger partial charge in [0.2, 0.25) is 5.91 Å². The maximum atomic E-state index is 11.0. The molecular formula is C8H14N2O2. The van der Waals surface area contributed by atoms with Crippen LogP contribution in [0.2, 0.25) is 0 Å². The number of hydrogen-bond donors (Lipinski definition) is 1. The number of piperidine rings is 1. The molecule has 0 aliphatic carbocycles. The smallest absolute Gasteiger partial charge is 0.246 e. The van der Waals surface area contributed by atoms with Crippen LogP contribution < -0.4 is 5.32 Å². The minimum Gasteiger partial charge on any atom is -0.366 e. The summed E-state index contributed by atoms with van der Waals surface area (Å²) in [5.41, 5.74) is 0. The number of morpholine rings is 1. The highest BCUT2D eigenvalue weighted by atomic mass is 16.5. The van der Waals surface area contributed by atoms with Crippen molar-refractivity contribution in [2.24, 2.45) is 0 Å². The quantitative estimate of drug-likeness (QED) is 0.518. The van der Waals surface area contributed by atoms with Crippen molar-refractivity contribution in [2.45, 2.75) is 18.6 Å². The second-order valence-corrected chi connectivity index (χ2v) is 3.57. The zero-order chi connectivity index (χ0) is 8.55. The fraction of sp³-hybridized carbons (Fsp3) is 0.875. The first-order valence-electron chi connectivity index (χ1n) is 4.35. The number of likely N-dealkylation sites (N-methyl/N-ethyl adjacent to an activating group) is 1. The van der Waals surface area contributed by atoms with Crippen LogP contribution in [0.25, 0.3) is 0 Å². The molecule has 1 N–H and O–H groups in total. The molecule has 0 radical (unpaired) electrons. The molecule has 2 rings (SSSR count). The van der Waals surface area contributed by atoms with E-state index in [1.54, 1.807) is 0 Å². The summed E-state index contributed by atoms with van der Waals surface area (Å²) in [6, 6.07) is 0.213. The zero-order valence-corrected chi connectivity index (χ0v) is 7.25. The van der Waals surface area contributed by atoms with E-state index in [-0.39, 0.29) is 24.7 Å². The van der Waals surface area contributed by atoms with Gasteiger partial charge in [-0.15, -0.1) is 0 Å². The number of fused-ring (bicyclic) bond motifs is 1. The van der Waals surface area contributed by atoms with Crippen molar-refractivity contribution in [3.63, 3.8) is 0 Å². The second kappa shape index (κ2) is 3.03. The average molecular weight is 170 g/mol. The third-order valence-corrected chi connectivity index (χ3v) is 2.53. The molecule has 68 valence electrons. The van der Waals surface area contributed by atoms with Gasteiger partial charge in [-0.05, 0) is 13.5 Å². The summed E-state index contributed by atoms with van der Waals surface area (Å²) in [5.74, 6) is 0.0200. The average Bonchev–Trinajstić information content (AvgIpc) is 2.03. The van der Waals surface area contributed by atoms with Gasteiger partial charge in [0.15, 0.2) is 0 Å². The molecule has 0 saturated carbocycles. The van der Waals surface area contributed by atoms with E-state index in [2.05, 4.69) is 17.3 Å². The predicted molar refractivity (Wildman–Crippen MR) is 43.8 cm³/mol. The molecule has 2 saturated heterocycles. The van der Waals surface area contributed by atoms with Gasteiger partial charge in [-0.2, -0.15) is 0 Å². The van der Waals surface area contributed by atoms with Gasteiger partial charge in [0.25, 0.3) is 0 Å². The van der Waals surface area contributed by atoms with E-state index >= 15 is 0 Å². The van der Waals surface area contributed by atoms with Crippen LogP contribution in [-0.2, 0) is 9.53 Å². The lowest BCUT2D eigenvalue weighted by Gasteiger charge is -2.39. The summed E-state index contributed by atoms with van der Waals surface area (Å²) >= 11 is 0. The molecule has 2 heterocycles. The van der Waals surface area contributed by atoms with Gasteiger partial charge < -0.3 is 15.0 Å². The molecule has 2 atom stereocenters. The van der Waals surface area contributed by atoms with Crippen LogP contribution >= 0.6 is 0 Å². The van der Waals surface area contributed by atoms with Crippen molar-refractivity contribution >= 4 is 5.91 Å². The SMILES string of the molecule is CN1CCC2OCC(=O)NC2C1. The fourth-order valence-corrected chi connectivity index (χ4v) is 1.86. The lowest BCUT2D eigenvalue weighted by atomic mass is 10.0. The summed E-state index contributed by atoms with van der Waals surface area (Å²) in [6.45, 7) is 2.22. The van der Waals surface area contributed by atoms with Crippen LogP contribution in [0, 0.1) is 0 Å². The number of hydrogen-bond acceptors (Lipinski definition) is 3. The van der Waals surface area contributed by atoms with Gasteiger partial charge >= 0.3 is 0 Å². The van der Waals surface area contributed by atoms with Gasteiger partial charge in [0, 0.05) is 13.1 Å². The molecule has 2 aliphatic rings. The first-order valence-corrected chi connectivity index (χ1v) is 4.35. The third kappa shape index (κ3) is 1.44. The summed E-state index contributed by atoms with van der Waals surface area (Å²) in [4.78, 5) is 13.2. The number of nitrogens with zero attached hydrogens (tertiary/aromatic N) is 1. The van der Waals surface area contributed by atoms with Crippen molar-refractivity contribution in [3.05, 3.63) is 0 Å². The molecule has 2 aliphatic heterocycles. The highest BCUT2D eigenvalue weighted by molar-refractivity contribution is 5.78. The molecule has 4 nitrogen and oxygen atoms in total. The molecule has 2 unspecified atom stereocenters. The largest absolute Gasteiger partial charge is 0.366 e. The molecule has 0 aromatic rings. The van der Waals surface area contributed by atoms with Crippen molar-refractivity contribution in [2.75, 3.05) is 26.7 Å². The standard InChI is InChI=1S/C8H14N2O2/c1-10-3-2-7-6(4-10)9-8(11)5-12-7/h6-7H,2-5H2,1H3,(H,9,11). The first kappa shape index (κ1) is 8.01. The van der Waals surface area contributed by atoms with Gasteiger partial charge in [-0.3, -0.25) is 4.79 Å². The Morgan fingerprint density at radius 1 is 1.67 bits per heavy atom. The lowest BCUT2D eigenvalue weighted by Crippen LogP contribution is -2.59. The fourth-order valence-electron chi connectivity index (χ4n) is 1.86. The third-order valence-electron chi connectivity index (χ3n) is 2.53. The normalized spacial score (nSPS) is 37.2. The van der Waals surface area contributed by atoms with Gasteiger partial charge in [-0.25, -0.2) is 0 Å². The zero-order valence-electron chi connectivity index (χ0n) is 7.25. The van der Waals surface area contributed by atoms with Crippen LogP contribution in [0.3, 0.4) is 0 Å². The Morgan fingerprint density at radius 2 is 2.50 bits per heavy atom. The summed E-state index contributed by atoms with van der Waals surface area (Å²) in [7, 11) is 2.07. The van der Waals surface area contributed by atoms with Gasteiger partial charge in [0.1, 0.15) is 6.61 Å². The number of carbonyl (C=O) groups is 1. The Bertz CT molecular complexity index is 195. The predicted octanol–water partition coefficient (Wildman–Crippen LogP) is -0.794. The lowest BCUT2D eigenvalue weighted by molar-refractivity contribution is -0.139. The Morgan fingerprint density at radius 3 is 3.33 bits per heavy atom. The molecule has 12 heavy (non-hydrogen) atoms. The molecule has 2 fully saturated rings. The second-order valence-electron chi connectivity index (χ2n) is 3.57. The van der Waals surface area contributed by atoms with Crippen LogP contribution in [0.4, 0.5) is 0 Å². The molecule has 0 bridgehead atoms. The van der Waals surface area contributed by atoms with Gasteiger partial charge in [-0.1, -0.05) is 0 Å². The number of rotatable bonds is 0. The molecular weight excluding hydrogens is 156 g/mol. The van der Waals surface area contributed by atoms with Crippen molar-refractivity contribution in [3.8, 4) is 0 Å². The van der Waals surface area contributed by atoms with E-state index in [9.17, 15) is 4.79 Å². The minimum atomic E-state index is 0.0200. The molecule has 0 spiro atoms. The number of likely N-dealkylation sites (tertiary alicyclic amines) is 1. The van der Waals surface area contributed by atoms with Crippen LogP contribution in [0.5, 0.6) is 0 Å². The van der Waals surface area contributed by atoms with Crippen LogP contribution in [0.15, 0.2) is 0 Å². The minimum absolute atomic E-state index is 0.0200.